The number of hydrogen-bond donors (Lipinski definition) is 2. The quantitative estimate of drug-likeness (QED) is 0.774. The molecule has 0 aliphatic carbocycles. The van der Waals surface area contributed by atoms with Crippen LogP contribution in [-0.4, -0.2) is 49.5 Å². The van der Waals surface area contributed by atoms with Gasteiger partial charge in [0.1, 0.15) is 5.56 Å². The van der Waals surface area contributed by atoms with Crippen molar-refractivity contribution < 1.29 is 13.2 Å². The Morgan fingerprint density at radius 3 is 2.90 bits per heavy atom. The molecule has 1 aliphatic rings. The van der Waals surface area contributed by atoms with Crippen molar-refractivity contribution in [1.29, 1.82) is 0 Å². The van der Waals surface area contributed by atoms with Gasteiger partial charge in [0, 0.05) is 25.8 Å². The van der Waals surface area contributed by atoms with Gasteiger partial charge in [-0.1, -0.05) is 0 Å². The van der Waals surface area contributed by atoms with Crippen molar-refractivity contribution in [2.75, 3.05) is 25.9 Å². The largest absolute Gasteiger partial charge is 0.352 e. The van der Waals surface area contributed by atoms with E-state index in [9.17, 15) is 18.0 Å². The van der Waals surface area contributed by atoms with Crippen LogP contribution >= 0.6 is 0 Å². The van der Waals surface area contributed by atoms with Crippen molar-refractivity contribution >= 4 is 15.9 Å². The van der Waals surface area contributed by atoms with Crippen LogP contribution in [0, 0.1) is 5.92 Å². The van der Waals surface area contributed by atoms with Crippen LogP contribution in [0.3, 0.4) is 0 Å². The molecule has 1 fully saturated rings. The van der Waals surface area contributed by atoms with Crippen LogP contribution in [-0.2, 0) is 10.0 Å². The third-order valence-electron chi connectivity index (χ3n) is 3.33. The molecule has 0 aromatic carbocycles. The number of amides is 1. The molecule has 0 radical (unpaired) electrons. The molecule has 8 heteroatoms. The Hall–Kier alpha value is -1.67. The van der Waals surface area contributed by atoms with Crippen LogP contribution in [0.5, 0.6) is 0 Å². The van der Waals surface area contributed by atoms with E-state index in [4.69, 9.17) is 0 Å². The number of sulfonamides is 1. The van der Waals surface area contributed by atoms with Crippen molar-refractivity contribution in [3.05, 3.63) is 34.2 Å². The molecule has 1 aromatic rings. The van der Waals surface area contributed by atoms with Crippen molar-refractivity contribution in [3.8, 4) is 0 Å². The second kappa shape index (κ2) is 5.76. The summed E-state index contributed by atoms with van der Waals surface area (Å²) in [5.41, 5.74) is -0.375. The van der Waals surface area contributed by atoms with E-state index in [1.165, 1.54) is 22.8 Å². The molecule has 1 unspecified atom stereocenters. The third-order valence-corrected chi connectivity index (χ3v) is 4.60. The van der Waals surface area contributed by atoms with E-state index in [1.54, 1.807) is 6.07 Å². The highest BCUT2D eigenvalue weighted by Gasteiger charge is 2.28. The van der Waals surface area contributed by atoms with Crippen LogP contribution in [0.15, 0.2) is 23.1 Å². The summed E-state index contributed by atoms with van der Waals surface area (Å²) in [6, 6.07) is 3.03. The van der Waals surface area contributed by atoms with Gasteiger partial charge >= 0.3 is 0 Å². The van der Waals surface area contributed by atoms with Gasteiger partial charge in [0.05, 0.1) is 6.26 Å². The molecule has 2 rings (SSSR count). The molecule has 0 bridgehead atoms. The van der Waals surface area contributed by atoms with Crippen LogP contribution in [0.25, 0.3) is 0 Å². The second-order valence-corrected chi connectivity index (χ2v) is 6.88. The Balaban J connectivity index is 1.90. The Morgan fingerprint density at radius 2 is 2.30 bits per heavy atom. The summed E-state index contributed by atoms with van der Waals surface area (Å²) in [6.45, 7) is 1.24. The highest BCUT2D eigenvalue weighted by molar-refractivity contribution is 7.88. The minimum absolute atomic E-state index is 0.0606. The van der Waals surface area contributed by atoms with Gasteiger partial charge in [0.25, 0.3) is 11.5 Å². The van der Waals surface area contributed by atoms with Crippen molar-refractivity contribution in [2.45, 2.75) is 6.42 Å². The molecule has 1 aliphatic heterocycles. The fraction of sp³-hybridized carbons (Fsp3) is 0.500. The average Bonchev–Trinajstić information content (AvgIpc) is 2.85. The normalized spacial score (nSPS) is 19.9. The van der Waals surface area contributed by atoms with Crippen LogP contribution in [0.1, 0.15) is 16.8 Å². The van der Waals surface area contributed by atoms with E-state index in [2.05, 4.69) is 10.3 Å². The van der Waals surface area contributed by atoms with E-state index >= 15 is 0 Å². The Morgan fingerprint density at radius 1 is 1.55 bits per heavy atom. The molecule has 2 N–H and O–H groups in total. The van der Waals surface area contributed by atoms with Crippen LogP contribution in [0.4, 0.5) is 0 Å². The molecule has 0 saturated carbocycles. The van der Waals surface area contributed by atoms with Gasteiger partial charge in [-0.05, 0) is 24.5 Å². The van der Waals surface area contributed by atoms with Gasteiger partial charge in [0.2, 0.25) is 10.0 Å². The van der Waals surface area contributed by atoms with Gasteiger partial charge < -0.3 is 10.3 Å². The topological polar surface area (TPSA) is 99.3 Å². The van der Waals surface area contributed by atoms with Gasteiger partial charge in [-0.15, -0.1) is 0 Å². The predicted molar refractivity (Wildman–Crippen MR) is 73.9 cm³/mol. The Kier molecular flexibility index (Phi) is 4.24. The number of nitrogens with one attached hydrogen (secondary N) is 2. The summed E-state index contributed by atoms with van der Waals surface area (Å²) in [7, 11) is -3.17. The van der Waals surface area contributed by atoms with Gasteiger partial charge in [0.15, 0.2) is 0 Å². The first kappa shape index (κ1) is 14.7. The lowest BCUT2D eigenvalue weighted by Gasteiger charge is -2.13. The number of carbonyl (C=O) groups is 1. The fourth-order valence-corrected chi connectivity index (χ4v) is 3.12. The zero-order chi connectivity index (χ0) is 14.8. The molecular weight excluding hydrogens is 282 g/mol. The van der Waals surface area contributed by atoms with E-state index < -0.39 is 21.5 Å². The predicted octanol–water partition coefficient (Wildman–Crippen LogP) is -0.614. The fourth-order valence-electron chi connectivity index (χ4n) is 2.20. The number of pyridine rings is 1. The highest BCUT2D eigenvalue weighted by Crippen LogP contribution is 2.17. The SMILES string of the molecule is CS(=O)(=O)N1CCC(CNC(=O)c2ccc[nH]c2=O)C1. The molecule has 110 valence electrons. The van der Waals surface area contributed by atoms with E-state index in [0.717, 1.165) is 0 Å². The lowest BCUT2D eigenvalue weighted by atomic mass is 10.1. The molecule has 1 saturated heterocycles. The zero-order valence-corrected chi connectivity index (χ0v) is 11.9. The molecule has 7 nitrogen and oxygen atoms in total. The van der Waals surface area contributed by atoms with Gasteiger partial charge in [-0.25, -0.2) is 12.7 Å². The number of rotatable bonds is 4. The Bertz CT molecular complexity index is 653. The number of H-pyrrole nitrogens is 1. The minimum atomic E-state index is -3.17. The summed E-state index contributed by atoms with van der Waals surface area (Å²) in [6.07, 6.45) is 3.34. The smallest absolute Gasteiger partial charge is 0.260 e. The monoisotopic (exact) mass is 299 g/mol. The summed E-state index contributed by atoms with van der Waals surface area (Å²) in [5.74, 6) is -0.360. The third kappa shape index (κ3) is 3.45. The maximum Gasteiger partial charge on any atom is 0.260 e. The van der Waals surface area contributed by atoms with Crippen molar-refractivity contribution in [2.24, 2.45) is 5.92 Å². The number of carbonyl (C=O) groups excluding carboxylic acids is 1. The Labute approximate surface area is 117 Å². The summed E-state index contributed by atoms with van der Waals surface area (Å²) in [4.78, 5) is 25.7. The minimum Gasteiger partial charge on any atom is -0.352 e. The van der Waals surface area contributed by atoms with E-state index in [0.29, 0.717) is 26.1 Å². The van der Waals surface area contributed by atoms with Gasteiger partial charge in [-0.2, -0.15) is 0 Å². The van der Waals surface area contributed by atoms with Crippen molar-refractivity contribution in [1.82, 2.24) is 14.6 Å². The first-order valence-corrected chi connectivity index (χ1v) is 8.14. The number of hydrogen-bond acceptors (Lipinski definition) is 4. The molecule has 1 amide bonds. The first-order chi connectivity index (χ1) is 9.38. The maximum absolute atomic E-state index is 11.8. The molecular formula is C12H17N3O4S. The van der Waals surface area contributed by atoms with E-state index in [-0.39, 0.29) is 11.5 Å². The average molecular weight is 299 g/mol. The molecule has 1 aromatic heterocycles. The van der Waals surface area contributed by atoms with Crippen molar-refractivity contribution in [3.63, 3.8) is 0 Å². The lowest BCUT2D eigenvalue weighted by Crippen LogP contribution is -2.34. The molecule has 0 spiro atoms. The summed E-state index contributed by atoms with van der Waals surface area (Å²) >= 11 is 0. The first-order valence-electron chi connectivity index (χ1n) is 6.29. The molecule has 2 heterocycles. The lowest BCUT2D eigenvalue weighted by molar-refractivity contribution is 0.0946. The number of aromatic nitrogens is 1. The van der Waals surface area contributed by atoms with Crippen LogP contribution < -0.4 is 10.9 Å². The second-order valence-electron chi connectivity index (χ2n) is 4.90. The number of aromatic amines is 1. The highest BCUT2D eigenvalue weighted by atomic mass is 32.2. The molecule has 20 heavy (non-hydrogen) atoms. The van der Waals surface area contributed by atoms with Gasteiger partial charge in [-0.3, -0.25) is 9.59 Å². The summed E-state index contributed by atoms with van der Waals surface area (Å²) in [5, 5.41) is 2.67. The zero-order valence-electron chi connectivity index (χ0n) is 11.1. The van der Waals surface area contributed by atoms with Crippen LogP contribution in [0.2, 0.25) is 0 Å². The standard InChI is InChI=1S/C12H17N3O4S/c1-20(18,19)15-6-4-9(8-15)7-14-12(17)10-3-2-5-13-11(10)16/h2-3,5,9H,4,6-8H2,1H3,(H,13,16)(H,14,17). The summed E-state index contributed by atoms with van der Waals surface area (Å²) < 4.78 is 24.2. The number of nitrogens with zero attached hydrogens (tertiary/aromatic N) is 1. The van der Waals surface area contributed by atoms with E-state index in [1.807, 2.05) is 0 Å². The molecule has 1 atom stereocenters. The maximum atomic E-state index is 11.8.